The quantitative estimate of drug-likeness (QED) is 0.662. The number of carbonyl (C=O) groups is 1. The van der Waals surface area contributed by atoms with Crippen molar-refractivity contribution < 1.29 is 23.8 Å². The van der Waals surface area contributed by atoms with E-state index in [1.165, 1.54) is 25.0 Å². The summed E-state index contributed by atoms with van der Waals surface area (Å²) in [6.07, 6.45) is 6.09. The van der Waals surface area contributed by atoms with Crippen molar-refractivity contribution in [1.82, 2.24) is 5.32 Å². The molecule has 1 aliphatic heterocycles. The van der Waals surface area contributed by atoms with Gasteiger partial charge in [0, 0.05) is 19.6 Å². The predicted molar refractivity (Wildman–Crippen MR) is 94.3 cm³/mol. The Bertz CT molecular complexity index is 627. The third-order valence-corrected chi connectivity index (χ3v) is 4.76. The lowest BCUT2D eigenvalue weighted by Crippen LogP contribution is -2.33. The van der Waals surface area contributed by atoms with Gasteiger partial charge >= 0.3 is 0 Å². The van der Waals surface area contributed by atoms with Gasteiger partial charge in [-0.05, 0) is 61.3 Å². The van der Waals surface area contributed by atoms with Crippen LogP contribution in [0.5, 0.6) is 0 Å². The van der Waals surface area contributed by atoms with Crippen LogP contribution in [0.15, 0.2) is 36.1 Å². The second kappa shape index (κ2) is 9.14. The standard InChI is InChI=1S/C20H26FNO4/c21-17-7-3-14(4-8-17)13-22-20(24)18-11-16(15-5-6-15)12-19(26-18)25-10-2-1-9-23/h3-4,7-8,11,15-16,19,23H,1-2,5-6,9-10,12-13H2,(H,22,24)/t16-,19+/m1/s1. The molecule has 0 saturated heterocycles. The number of carbonyl (C=O) groups excluding carboxylic acids is 1. The fourth-order valence-electron chi connectivity index (χ4n) is 3.10. The average Bonchev–Trinajstić information content (AvgIpc) is 3.49. The Labute approximate surface area is 153 Å². The van der Waals surface area contributed by atoms with Crippen molar-refractivity contribution in [2.24, 2.45) is 11.8 Å². The van der Waals surface area contributed by atoms with E-state index in [2.05, 4.69) is 5.32 Å². The Morgan fingerprint density at radius 3 is 2.73 bits per heavy atom. The highest BCUT2D eigenvalue weighted by molar-refractivity contribution is 5.91. The first-order valence-corrected chi connectivity index (χ1v) is 9.29. The van der Waals surface area contributed by atoms with Crippen molar-refractivity contribution in [2.45, 2.75) is 44.9 Å². The topological polar surface area (TPSA) is 67.8 Å². The van der Waals surface area contributed by atoms with E-state index in [4.69, 9.17) is 14.6 Å². The molecule has 1 saturated carbocycles. The van der Waals surface area contributed by atoms with Gasteiger partial charge in [0.2, 0.25) is 6.29 Å². The molecule has 0 bridgehead atoms. The molecule has 3 rings (SSSR count). The van der Waals surface area contributed by atoms with Gasteiger partial charge in [-0.15, -0.1) is 0 Å². The van der Waals surface area contributed by atoms with Crippen LogP contribution in [0.3, 0.4) is 0 Å². The van der Waals surface area contributed by atoms with Crippen molar-refractivity contribution in [1.29, 1.82) is 0 Å². The summed E-state index contributed by atoms with van der Waals surface area (Å²) in [5.74, 6) is 0.651. The molecule has 1 aliphatic carbocycles. The molecule has 5 nitrogen and oxygen atoms in total. The summed E-state index contributed by atoms with van der Waals surface area (Å²) in [7, 11) is 0. The van der Waals surface area contributed by atoms with Gasteiger partial charge in [0.1, 0.15) is 5.82 Å². The maximum Gasteiger partial charge on any atom is 0.286 e. The van der Waals surface area contributed by atoms with E-state index in [9.17, 15) is 9.18 Å². The number of aliphatic hydroxyl groups is 1. The van der Waals surface area contributed by atoms with Crippen molar-refractivity contribution in [3.05, 3.63) is 47.5 Å². The van der Waals surface area contributed by atoms with E-state index in [-0.39, 0.29) is 18.3 Å². The van der Waals surface area contributed by atoms with Crippen LogP contribution in [-0.4, -0.2) is 30.5 Å². The Morgan fingerprint density at radius 2 is 2.04 bits per heavy atom. The fraction of sp³-hybridized carbons (Fsp3) is 0.550. The lowest BCUT2D eigenvalue weighted by molar-refractivity contribution is -0.150. The van der Waals surface area contributed by atoms with Crippen LogP contribution in [0, 0.1) is 17.7 Å². The molecule has 1 heterocycles. The minimum Gasteiger partial charge on any atom is -0.459 e. The van der Waals surface area contributed by atoms with Crippen LogP contribution in [-0.2, 0) is 20.8 Å². The number of benzene rings is 1. The third kappa shape index (κ3) is 5.54. The summed E-state index contributed by atoms with van der Waals surface area (Å²) in [5, 5.41) is 11.7. The smallest absolute Gasteiger partial charge is 0.286 e. The second-order valence-electron chi connectivity index (χ2n) is 6.93. The Morgan fingerprint density at radius 1 is 1.27 bits per heavy atom. The number of amides is 1. The number of nitrogens with one attached hydrogen (secondary N) is 1. The molecular formula is C20H26FNO4. The summed E-state index contributed by atoms with van der Waals surface area (Å²) in [6.45, 7) is 0.972. The molecule has 2 atom stereocenters. The Kier molecular flexibility index (Phi) is 6.63. The molecule has 1 amide bonds. The molecule has 6 heteroatoms. The summed E-state index contributed by atoms with van der Waals surface area (Å²) < 4.78 is 24.5. The highest BCUT2D eigenvalue weighted by Crippen LogP contribution is 2.42. The first kappa shape index (κ1) is 18.9. The van der Waals surface area contributed by atoms with Crippen molar-refractivity contribution in [3.8, 4) is 0 Å². The van der Waals surface area contributed by atoms with Crippen LogP contribution >= 0.6 is 0 Å². The highest BCUT2D eigenvalue weighted by Gasteiger charge is 2.37. The molecule has 142 valence electrons. The Hall–Kier alpha value is -1.92. The fourth-order valence-corrected chi connectivity index (χ4v) is 3.10. The molecule has 2 N–H and O–H groups in total. The van der Waals surface area contributed by atoms with Gasteiger partial charge in [-0.2, -0.15) is 0 Å². The molecule has 0 radical (unpaired) electrons. The van der Waals surface area contributed by atoms with Crippen molar-refractivity contribution >= 4 is 5.91 Å². The molecule has 1 aromatic carbocycles. The van der Waals surface area contributed by atoms with E-state index < -0.39 is 6.29 Å². The zero-order valence-electron chi connectivity index (χ0n) is 14.8. The molecule has 1 fully saturated rings. The number of unbranched alkanes of at least 4 members (excludes halogenated alkanes) is 1. The minimum atomic E-state index is -0.420. The van der Waals surface area contributed by atoms with Crippen LogP contribution in [0.25, 0.3) is 0 Å². The zero-order valence-corrected chi connectivity index (χ0v) is 14.8. The third-order valence-electron chi connectivity index (χ3n) is 4.76. The predicted octanol–water partition coefficient (Wildman–Crippen LogP) is 2.89. The second-order valence-corrected chi connectivity index (χ2v) is 6.93. The monoisotopic (exact) mass is 363 g/mol. The summed E-state index contributed by atoms with van der Waals surface area (Å²) in [4.78, 5) is 12.5. The van der Waals surface area contributed by atoms with Crippen molar-refractivity contribution in [3.63, 3.8) is 0 Å². The van der Waals surface area contributed by atoms with Crippen molar-refractivity contribution in [2.75, 3.05) is 13.2 Å². The number of aliphatic hydroxyl groups excluding tert-OH is 1. The maximum atomic E-state index is 12.9. The van der Waals surface area contributed by atoms with Gasteiger partial charge in [-0.3, -0.25) is 4.79 Å². The lowest BCUT2D eigenvalue weighted by Gasteiger charge is -2.29. The molecule has 0 unspecified atom stereocenters. The van der Waals surface area contributed by atoms with Crippen LogP contribution in [0.4, 0.5) is 4.39 Å². The van der Waals surface area contributed by atoms with E-state index >= 15 is 0 Å². The SMILES string of the molecule is O=C(NCc1ccc(F)cc1)C1=C[C@@H](C2CC2)C[C@@H](OCCCCO)O1. The van der Waals surface area contributed by atoms with E-state index in [1.807, 2.05) is 6.08 Å². The molecule has 2 aliphatic rings. The first-order valence-electron chi connectivity index (χ1n) is 9.29. The van der Waals surface area contributed by atoms with E-state index in [0.717, 1.165) is 18.4 Å². The van der Waals surface area contributed by atoms with Gasteiger partial charge < -0.3 is 19.9 Å². The van der Waals surface area contributed by atoms with Gasteiger partial charge in [-0.25, -0.2) is 4.39 Å². The summed E-state index contributed by atoms with van der Waals surface area (Å²) in [6, 6.07) is 6.03. The van der Waals surface area contributed by atoms with E-state index in [0.29, 0.717) is 37.2 Å². The van der Waals surface area contributed by atoms with Gasteiger partial charge in [0.05, 0.1) is 6.61 Å². The van der Waals surface area contributed by atoms with Crippen LogP contribution in [0.1, 0.15) is 37.7 Å². The molecule has 26 heavy (non-hydrogen) atoms. The van der Waals surface area contributed by atoms with Gasteiger partial charge in [-0.1, -0.05) is 12.1 Å². The van der Waals surface area contributed by atoms with Gasteiger partial charge in [0.25, 0.3) is 5.91 Å². The van der Waals surface area contributed by atoms with Crippen LogP contribution in [0.2, 0.25) is 0 Å². The maximum absolute atomic E-state index is 12.9. The minimum absolute atomic E-state index is 0.149. The summed E-state index contributed by atoms with van der Waals surface area (Å²) >= 11 is 0. The average molecular weight is 363 g/mol. The number of allylic oxidation sites excluding steroid dienone is 1. The molecule has 0 spiro atoms. The number of rotatable bonds is 9. The Balaban J connectivity index is 1.54. The zero-order chi connectivity index (χ0) is 18.4. The molecule has 1 aromatic rings. The summed E-state index contributed by atoms with van der Waals surface area (Å²) in [5.41, 5.74) is 0.826. The molecular weight excluding hydrogens is 337 g/mol. The number of hydrogen-bond donors (Lipinski definition) is 2. The van der Waals surface area contributed by atoms with Crippen LogP contribution < -0.4 is 5.32 Å². The highest BCUT2D eigenvalue weighted by atomic mass is 19.1. The number of hydrogen-bond acceptors (Lipinski definition) is 4. The van der Waals surface area contributed by atoms with Gasteiger partial charge in [0.15, 0.2) is 5.76 Å². The lowest BCUT2D eigenvalue weighted by atomic mass is 9.96. The normalized spacial score (nSPS) is 22.5. The first-order chi connectivity index (χ1) is 12.7. The molecule has 0 aromatic heterocycles. The number of ether oxygens (including phenoxy) is 2. The van der Waals surface area contributed by atoms with E-state index in [1.54, 1.807) is 12.1 Å². The number of halogens is 1. The largest absolute Gasteiger partial charge is 0.459 e.